The molecule has 28 heavy (non-hydrogen) atoms. The number of benzene rings is 2. The summed E-state index contributed by atoms with van der Waals surface area (Å²) in [5.41, 5.74) is 2.06. The minimum atomic E-state index is -0.896. The number of carbonyl (C=O) groups excluding carboxylic acids is 2. The molecular weight excluding hydrogens is 397 g/mol. The maximum Gasteiger partial charge on any atom is 0.256 e. The molecule has 2 atom stereocenters. The summed E-state index contributed by atoms with van der Waals surface area (Å²) in [5, 5.41) is 1.07. The second-order valence-electron chi connectivity index (χ2n) is 8.12. The molecule has 0 bridgehead atoms. The van der Waals surface area contributed by atoms with Gasteiger partial charge < -0.3 is 14.4 Å². The van der Waals surface area contributed by atoms with Crippen LogP contribution in [0.3, 0.4) is 0 Å². The smallest absolute Gasteiger partial charge is 0.256 e. The van der Waals surface area contributed by atoms with E-state index in [2.05, 4.69) is 20.8 Å². The van der Waals surface area contributed by atoms with Crippen molar-refractivity contribution in [1.82, 2.24) is 0 Å². The van der Waals surface area contributed by atoms with Crippen molar-refractivity contribution >= 4 is 41.1 Å². The Morgan fingerprint density at radius 1 is 1.11 bits per heavy atom. The van der Waals surface area contributed by atoms with Gasteiger partial charge in [-0.2, -0.15) is 0 Å². The molecule has 0 saturated heterocycles. The third-order valence-electron chi connectivity index (χ3n) is 4.54. The lowest BCUT2D eigenvalue weighted by molar-refractivity contribution is -0.134. The van der Waals surface area contributed by atoms with Crippen LogP contribution in [0.15, 0.2) is 42.5 Å². The van der Waals surface area contributed by atoms with E-state index in [0.29, 0.717) is 22.9 Å². The van der Waals surface area contributed by atoms with E-state index in [-0.39, 0.29) is 17.7 Å². The first-order chi connectivity index (χ1) is 13.2. The van der Waals surface area contributed by atoms with Crippen molar-refractivity contribution < 1.29 is 14.3 Å². The number of nitrogens with zero attached hydrogens (tertiary/aromatic N) is 1. The highest BCUT2D eigenvalue weighted by atomic mass is 35.5. The van der Waals surface area contributed by atoms with Crippen LogP contribution < -0.4 is 4.90 Å². The average Bonchev–Trinajstić information content (AvgIpc) is 2.72. The SMILES string of the molecule is CC(C)(C)CN1C(=O)[C@H](CC=O)O[C@@H](c2ccccc2Cl)c2cc(Cl)ccc21. The van der Waals surface area contributed by atoms with Crippen molar-refractivity contribution in [2.45, 2.75) is 39.4 Å². The lowest BCUT2D eigenvalue weighted by atomic mass is 9.94. The van der Waals surface area contributed by atoms with Crippen LogP contribution in [0.4, 0.5) is 5.69 Å². The second-order valence-corrected chi connectivity index (χ2v) is 8.96. The van der Waals surface area contributed by atoms with Crippen LogP contribution in [0, 0.1) is 5.41 Å². The fraction of sp³-hybridized carbons (Fsp3) is 0.364. The molecule has 0 saturated carbocycles. The van der Waals surface area contributed by atoms with Crippen LogP contribution in [-0.2, 0) is 14.3 Å². The molecule has 3 rings (SSSR count). The first-order valence-corrected chi connectivity index (χ1v) is 9.91. The minimum Gasteiger partial charge on any atom is -0.355 e. The number of aldehydes is 1. The summed E-state index contributed by atoms with van der Waals surface area (Å²) >= 11 is 12.7. The summed E-state index contributed by atoms with van der Waals surface area (Å²) in [4.78, 5) is 26.3. The van der Waals surface area contributed by atoms with Crippen molar-refractivity contribution in [2.24, 2.45) is 5.41 Å². The molecule has 148 valence electrons. The molecule has 0 fully saturated rings. The van der Waals surface area contributed by atoms with Crippen LogP contribution in [0.5, 0.6) is 0 Å². The van der Waals surface area contributed by atoms with E-state index in [4.69, 9.17) is 27.9 Å². The van der Waals surface area contributed by atoms with E-state index in [9.17, 15) is 9.59 Å². The molecule has 6 heteroatoms. The van der Waals surface area contributed by atoms with Crippen LogP contribution in [0.2, 0.25) is 10.0 Å². The Kier molecular flexibility index (Phi) is 6.13. The number of amides is 1. The lowest BCUT2D eigenvalue weighted by Gasteiger charge is -2.31. The zero-order valence-corrected chi connectivity index (χ0v) is 17.6. The van der Waals surface area contributed by atoms with E-state index in [0.717, 1.165) is 16.8 Å². The fourth-order valence-electron chi connectivity index (χ4n) is 3.38. The predicted octanol–water partition coefficient (Wildman–Crippen LogP) is 5.45. The zero-order chi connectivity index (χ0) is 20.5. The normalized spacial score (nSPS) is 19.9. The van der Waals surface area contributed by atoms with Gasteiger partial charge in [-0.25, -0.2) is 0 Å². The number of carbonyl (C=O) groups is 2. The predicted molar refractivity (Wildman–Crippen MR) is 112 cm³/mol. The summed E-state index contributed by atoms with van der Waals surface area (Å²) < 4.78 is 6.19. The number of ether oxygens (including phenoxy) is 1. The van der Waals surface area contributed by atoms with Gasteiger partial charge in [0.2, 0.25) is 0 Å². The highest BCUT2D eigenvalue weighted by Gasteiger charge is 2.38. The number of anilines is 1. The number of hydrogen-bond donors (Lipinski definition) is 0. The number of rotatable bonds is 4. The van der Waals surface area contributed by atoms with Crippen LogP contribution in [0.1, 0.15) is 44.4 Å². The van der Waals surface area contributed by atoms with Gasteiger partial charge in [-0.05, 0) is 29.7 Å². The first kappa shape index (κ1) is 20.8. The van der Waals surface area contributed by atoms with Crippen LogP contribution in [0.25, 0.3) is 0 Å². The molecule has 2 aromatic carbocycles. The highest BCUT2D eigenvalue weighted by Crippen LogP contribution is 2.42. The maximum atomic E-state index is 13.3. The highest BCUT2D eigenvalue weighted by molar-refractivity contribution is 6.31. The van der Waals surface area contributed by atoms with E-state index < -0.39 is 12.2 Å². The van der Waals surface area contributed by atoms with Gasteiger partial charge in [0.25, 0.3) is 5.91 Å². The number of fused-ring (bicyclic) bond motifs is 1. The van der Waals surface area contributed by atoms with Gasteiger partial charge in [-0.3, -0.25) is 4.79 Å². The third kappa shape index (κ3) is 4.40. The molecule has 4 nitrogen and oxygen atoms in total. The summed E-state index contributed by atoms with van der Waals surface area (Å²) in [7, 11) is 0. The van der Waals surface area contributed by atoms with Gasteiger partial charge in [0.15, 0.2) is 0 Å². The molecule has 1 aliphatic heterocycles. The Balaban J connectivity index is 2.22. The molecule has 0 aromatic heterocycles. The Hall–Kier alpha value is -1.88. The van der Waals surface area contributed by atoms with Gasteiger partial charge in [0.05, 0.1) is 0 Å². The van der Waals surface area contributed by atoms with Crippen LogP contribution >= 0.6 is 23.2 Å². The van der Waals surface area contributed by atoms with Gasteiger partial charge in [0, 0.05) is 39.8 Å². The van der Waals surface area contributed by atoms with Gasteiger partial charge >= 0.3 is 0 Å². The summed E-state index contributed by atoms with van der Waals surface area (Å²) in [6, 6.07) is 12.7. The largest absolute Gasteiger partial charge is 0.355 e. The van der Waals surface area contributed by atoms with E-state index >= 15 is 0 Å². The molecule has 1 aliphatic rings. The molecule has 1 heterocycles. The fourth-order valence-corrected chi connectivity index (χ4v) is 3.79. The number of hydrogen-bond acceptors (Lipinski definition) is 3. The monoisotopic (exact) mass is 419 g/mol. The van der Waals surface area contributed by atoms with Crippen LogP contribution in [-0.4, -0.2) is 24.8 Å². The van der Waals surface area contributed by atoms with E-state index in [1.165, 1.54) is 0 Å². The van der Waals surface area contributed by atoms with Crippen molar-refractivity contribution in [3.63, 3.8) is 0 Å². The molecular formula is C22H23Cl2NO3. The Morgan fingerprint density at radius 3 is 2.46 bits per heavy atom. The molecule has 0 aliphatic carbocycles. The first-order valence-electron chi connectivity index (χ1n) is 9.15. The maximum absolute atomic E-state index is 13.3. The van der Waals surface area contributed by atoms with E-state index in [1.807, 2.05) is 24.3 Å². The average molecular weight is 420 g/mol. The van der Waals surface area contributed by atoms with Gasteiger partial charge in [-0.1, -0.05) is 62.2 Å². The quantitative estimate of drug-likeness (QED) is 0.618. The lowest BCUT2D eigenvalue weighted by Crippen LogP contribution is -2.43. The molecule has 0 N–H and O–H groups in total. The van der Waals surface area contributed by atoms with Crippen molar-refractivity contribution in [3.05, 3.63) is 63.6 Å². The van der Waals surface area contributed by atoms with Crippen molar-refractivity contribution in [3.8, 4) is 0 Å². The standard InChI is InChI=1S/C22H23Cl2NO3/c1-22(2,3)13-25-18-9-8-14(23)12-16(18)20(15-6-4-5-7-17(15)24)28-19(10-11-26)21(25)27/h4-9,11-12,19-20H,10,13H2,1-3H3/t19-,20-/m0/s1. The number of halogens is 2. The van der Waals surface area contributed by atoms with Gasteiger partial charge in [-0.15, -0.1) is 0 Å². The third-order valence-corrected chi connectivity index (χ3v) is 5.11. The molecule has 1 amide bonds. The molecule has 2 aromatic rings. The van der Waals surface area contributed by atoms with Gasteiger partial charge in [0.1, 0.15) is 18.5 Å². The Bertz CT molecular complexity index is 892. The summed E-state index contributed by atoms with van der Waals surface area (Å²) in [6.07, 6.45) is -0.819. The summed E-state index contributed by atoms with van der Waals surface area (Å²) in [5.74, 6) is -0.236. The Morgan fingerprint density at radius 2 is 1.82 bits per heavy atom. The molecule has 0 radical (unpaired) electrons. The Labute approximate surface area is 175 Å². The topological polar surface area (TPSA) is 46.6 Å². The molecule has 0 unspecified atom stereocenters. The minimum absolute atomic E-state index is 0.0256. The van der Waals surface area contributed by atoms with E-state index in [1.54, 1.807) is 23.1 Å². The van der Waals surface area contributed by atoms with Crippen molar-refractivity contribution in [1.29, 1.82) is 0 Å². The van der Waals surface area contributed by atoms with Crippen molar-refractivity contribution in [2.75, 3.05) is 11.4 Å². The summed E-state index contributed by atoms with van der Waals surface area (Å²) in [6.45, 7) is 6.65. The zero-order valence-electron chi connectivity index (χ0n) is 16.1. The molecule has 0 spiro atoms. The second kappa shape index (κ2) is 8.24.